The van der Waals surface area contributed by atoms with Crippen LogP contribution in [0.2, 0.25) is 0 Å². The summed E-state index contributed by atoms with van der Waals surface area (Å²) in [6, 6.07) is 8.84. The highest BCUT2D eigenvalue weighted by Gasteiger charge is 2.37. The van der Waals surface area contributed by atoms with Crippen LogP contribution < -0.4 is 4.84 Å². The van der Waals surface area contributed by atoms with Crippen molar-refractivity contribution in [2.75, 3.05) is 0 Å². The number of ketones is 2. The molecule has 0 bridgehead atoms. The number of carbonyl (C=O) groups excluding carboxylic acids is 3. The van der Waals surface area contributed by atoms with E-state index >= 15 is 0 Å². The van der Waals surface area contributed by atoms with Gasteiger partial charge in [-0.2, -0.15) is 0 Å². The zero-order valence-corrected chi connectivity index (χ0v) is 14.2. The molecule has 26 heavy (non-hydrogen) atoms. The highest BCUT2D eigenvalue weighted by molar-refractivity contribution is 6.25. The summed E-state index contributed by atoms with van der Waals surface area (Å²) in [6.45, 7) is 3.29. The van der Waals surface area contributed by atoms with Crippen LogP contribution >= 0.6 is 0 Å². The highest BCUT2D eigenvalue weighted by atomic mass is 16.7. The fraction of sp³-hybridized carbons (Fsp3) is 0.211. The van der Waals surface area contributed by atoms with Gasteiger partial charge in [0.2, 0.25) is 11.8 Å². The molecule has 0 spiro atoms. The first kappa shape index (κ1) is 17.5. The molecule has 1 aromatic carbocycles. The average molecular weight is 355 g/mol. The SMILES string of the molecule is CC(C)(CC(=O)On1c(O)ccc1O)C1=CC(=O)c2ccccc2C1=O. The first-order chi connectivity index (χ1) is 12.2. The quantitative estimate of drug-likeness (QED) is 0.871. The van der Waals surface area contributed by atoms with Gasteiger partial charge in [0.1, 0.15) is 0 Å². The van der Waals surface area contributed by atoms with Gasteiger partial charge in [-0.3, -0.25) is 9.59 Å². The molecule has 7 nitrogen and oxygen atoms in total. The fourth-order valence-corrected chi connectivity index (χ4v) is 2.90. The van der Waals surface area contributed by atoms with Crippen molar-refractivity contribution in [2.45, 2.75) is 20.3 Å². The lowest BCUT2D eigenvalue weighted by Crippen LogP contribution is -2.32. The Hall–Kier alpha value is -3.35. The van der Waals surface area contributed by atoms with E-state index in [9.17, 15) is 24.6 Å². The number of aromatic hydroxyl groups is 2. The third-order valence-corrected chi connectivity index (χ3v) is 4.26. The Morgan fingerprint density at radius 2 is 1.62 bits per heavy atom. The number of fused-ring (bicyclic) bond motifs is 1. The van der Waals surface area contributed by atoms with Crippen LogP contribution in [0.1, 0.15) is 41.0 Å². The molecule has 2 N–H and O–H groups in total. The second-order valence-electron chi connectivity index (χ2n) is 6.67. The largest absolute Gasteiger partial charge is 0.492 e. The second kappa shape index (κ2) is 6.18. The van der Waals surface area contributed by atoms with Gasteiger partial charge in [-0.05, 0) is 6.08 Å². The predicted octanol–water partition coefficient (Wildman–Crippen LogP) is 2.28. The van der Waals surface area contributed by atoms with Crippen LogP contribution in [-0.2, 0) is 4.79 Å². The fourth-order valence-electron chi connectivity index (χ4n) is 2.90. The molecule has 7 heteroatoms. The molecule has 0 aliphatic heterocycles. The maximum atomic E-state index is 12.8. The van der Waals surface area contributed by atoms with E-state index in [-0.39, 0.29) is 23.6 Å². The molecule has 1 aliphatic rings. The number of rotatable bonds is 4. The summed E-state index contributed by atoms with van der Waals surface area (Å²) in [6.07, 6.45) is 1.01. The molecule has 0 amide bonds. The maximum absolute atomic E-state index is 12.8. The molecule has 0 saturated carbocycles. The lowest BCUT2D eigenvalue weighted by molar-refractivity contribution is -0.147. The van der Waals surface area contributed by atoms with E-state index in [0.717, 1.165) is 12.1 Å². The molecule has 0 saturated heterocycles. The van der Waals surface area contributed by atoms with E-state index < -0.39 is 23.1 Å². The summed E-state index contributed by atoms with van der Waals surface area (Å²) in [5.74, 6) is -2.27. The van der Waals surface area contributed by atoms with Crippen LogP contribution in [0, 0.1) is 5.41 Å². The predicted molar refractivity (Wildman–Crippen MR) is 90.9 cm³/mol. The molecule has 0 radical (unpaired) electrons. The maximum Gasteiger partial charge on any atom is 0.334 e. The summed E-state index contributed by atoms with van der Waals surface area (Å²) in [4.78, 5) is 42.2. The lowest BCUT2D eigenvalue weighted by atomic mass is 9.74. The van der Waals surface area contributed by atoms with Crippen molar-refractivity contribution in [1.29, 1.82) is 0 Å². The van der Waals surface area contributed by atoms with Gasteiger partial charge in [0.25, 0.3) is 0 Å². The topological polar surface area (TPSA) is 106 Å². The summed E-state index contributed by atoms with van der Waals surface area (Å²) in [7, 11) is 0. The van der Waals surface area contributed by atoms with Gasteiger partial charge in [-0.1, -0.05) is 38.1 Å². The van der Waals surface area contributed by atoms with Crippen molar-refractivity contribution >= 4 is 17.5 Å². The minimum absolute atomic E-state index is 0.208. The molecule has 1 aromatic heterocycles. The number of allylic oxidation sites excluding steroid dienone is 2. The molecule has 1 heterocycles. The molecule has 1 aliphatic carbocycles. The Morgan fingerprint density at radius 1 is 1.04 bits per heavy atom. The van der Waals surface area contributed by atoms with Crippen molar-refractivity contribution in [1.82, 2.24) is 4.73 Å². The van der Waals surface area contributed by atoms with Gasteiger partial charge in [0.15, 0.2) is 11.6 Å². The number of hydrogen-bond acceptors (Lipinski definition) is 6. The normalized spacial score (nSPS) is 14.0. The van der Waals surface area contributed by atoms with Gasteiger partial charge in [0.05, 0.1) is 6.42 Å². The summed E-state index contributed by atoms with van der Waals surface area (Å²) < 4.78 is 0.579. The zero-order chi connectivity index (χ0) is 19.1. The van der Waals surface area contributed by atoms with Gasteiger partial charge >= 0.3 is 5.97 Å². The van der Waals surface area contributed by atoms with E-state index in [0.29, 0.717) is 15.9 Å². The Kier molecular flexibility index (Phi) is 4.15. The van der Waals surface area contributed by atoms with Gasteiger partial charge in [-0.25, -0.2) is 4.79 Å². The average Bonchev–Trinajstić information content (AvgIpc) is 2.89. The van der Waals surface area contributed by atoms with Crippen LogP contribution in [0.3, 0.4) is 0 Å². The summed E-state index contributed by atoms with van der Waals surface area (Å²) >= 11 is 0. The number of nitrogens with zero attached hydrogens (tertiary/aromatic N) is 1. The van der Waals surface area contributed by atoms with Crippen molar-refractivity contribution in [3.05, 3.63) is 59.2 Å². The summed E-state index contributed by atoms with van der Waals surface area (Å²) in [5, 5.41) is 19.1. The lowest BCUT2D eigenvalue weighted by Gasteiger charge is -2.28. The van der Waals surface area contributed by atoms with E-state index in [1.807, 2.05) is 0 Å². The number of benzene rings is 1. The second-order valence-corrected chi connectivity index (χ2v) is 6.67. The van der Waals surface area contributed by atoms with Gasteiger partial charge in [0, 0.05) is 34.2 Å². The Balaban J connectivity index is 1.83. The number of Topliss-reactive ketones (excluding diaryl/α,β-unsaturated/α-hetero) is 1. The van der Waals surface area contributed by atoms with Crippen LogP contribution in [0.15, 0.2) is 48.0 Å². The van der Waals surface area contributed by atoms with Crippen molar-refractivity contribution in [2.24, 2.45) is 5.41 Å². The van der Waals surface area contributed by atoms with E-state index in [1.165, 1.54) is 6.08 Å². The molecule has 134 valence electrons. The van der Waals surface area contributed by atoms with E-state index in [4.69, 9.17) is 4.84 Å². The Bertz CT molecular complexity index is 931. The molecular weight excluding hydrogens is 338 g/mol. The minimum Gasteiger partial charge on any atom is -0.492 e. The minimum atomic E-state index is -0.990. The molecule has 3 rings (SSSR count). The first-order valence-corrected chi connectivity index (χ1v) is 7.92. The Morgan fingerprint density at radius 3 is 2.23 bits per heavy atom. The monoisotopic (exact) mass is 355 g/mol. The first-order valence-electron chi connectivity index (χ1n) is 7.92. The van der Waals surface area contributed by atoms with Crippen LogP contribution in [0.25, 0.3) is 0 Å². The van der Waals surface area contributed by atoms with E-state index in [2.05, 4.69) is 0 Å². The van der Waals surface area contributed by atoms with Crippen molar-refractivity contribution in [3.63, 3.8) is 0 Å². The van der Waals surface area contributed by atoms with E-state index in [1.54, 1.807) is 38.1 Å². The third kappa shape index (κ3) is 2.99. The molecule has 2 aromatic rings. The van der Waals surface area contributed by atoms with Crippen LogP contribution in [0.4, 0.5) is 0 Å². The molecular formula is C19H17NO6. The van der Waals surface area contributed by atoms with Crippen molar-refractivity contribution < 1.29 is 29.4 Å². The molecule has 0 atom stereocenters. The van der Waals surface area contributed by atoms with Gasteiger partial charge in [-0.15, -0.1) is 4.73 Å². The molecule has 0 unspecified atom stereocenters. The third-order valence-electron chi connectivity index (χ3n) is 4.26. The van der Waals surface area contributed by atoms with Crippen molar-refractivity contribution in [3.8, 4) is 11.8 Å². The number of aromatic nitrogens is 1. The summed E-state index contributed by atoms with van der Waals surface area (Å²) in [5.41, 5.74) is -0.145. The number of hydrogen-bond donors (Lipinski definition) is 2. The number of carbonyl (C=O) groups is 3. The zero-order valence-electron chi connectivity index (χ0n) is 14.2. The molecule has 0 fully saturated rings. The highest BCUT2D eigenvalue weighted by Crippen LogP contribution is 2.36. The smallest absolute Gasteiger partial charge is 0.334 e. The Labute approximate surface area is 149 Å². The van der Waals surface area contributed by atoms with Gasteiger partial charge < -0.3 is 15.1 Å². The standard InChI is InChI=1S/C19H17NO6/c1-19(2,10-17(24)26-20-15(22)7-8-16(20)23)13-9-14(21)11-5-3-4-6-12(11)18(13)25/h3-9,22-23H,10H2,1-2H3. The van der Waals surface area contributed by atoms with Crippen LogP contribution in [-0.4, -0.2) is 32.5 Å². The van der Waals surface area contributed by atoms with Crippen LogP contribution in [0.5, 0.6) is 11.8 Å².